The molecule has 4 aliphatic rings. The molecule has 0 aromatic heterocycles. The van der Waals surface area contributed by atoms with Crippen molar-refractivity contribution >= 4 is 17.3 Å². The topological polar surface area (TPSA) is 132 Å². The molecule has 4 aliphatic carbocycles. The molecule has 7 heteroatoms. The van der Waals surface area contributed by atoms with Crippen LogP contribution in [0.3, 0.4) is 0 Å². The Balaban J connectivity index is 1.77. The summed E-state index contributed by atoms with van der Waals surface area (Å²) < 4.78 is 0. The molecule has 4 rings (SSSR count). The number of allylic oxidation sites excluding steroid dienone is 1. The van der Waals surface area contributed by atoms with Crippen molar-refractivity contribution in [3.63, 3.8) is 0 Å². The van der Waals surface area contributed by atoms with Gasteiger partial charge < -0.3 is 20.4 Å². The second-order valence-electron chi connectivity index (χ2n) is 14.6. The summed E-state index contributed by atoms with van der Waals surface area (Å²) in [5.41, 5.74) is -5.00. The van der Waals surface area contributed by atoms with E-state index in [0.29, 0.717) is 12.8 Å². The van der Waals surface area contributed by atoms with Gasteiger partial charge in [0, 0.05) is 36.0 Å². The van der Waals surface area contributed by atoms with Gasteiger partial charge >= 0.3 is 0 Å². The monoisotopic (exact) mass is 518 g/mol. The van der Waals surface area contributed by atoms with Gasteiger partial charge in [-0.3, -0.25) is 14.4 Å². The number of carbonyl (C=O) groups excluding carboxylic acids is 3. The highest BCUT2D eigenvalue weighted by molar-refractivity contribution is 5.93. The van der Waals surface area contributed by atoms with E-state index in [-0.39, 0.29) is 49.1 Å². The minimum absolute atomic E-state index is 0.00750. The van der Waals surface area contributed by atoms with Gasteiger partial charge in [-0.15, -0.1) is 0 Å². The average Bonchev–Trinajstić information content (AvgIpc) is 2.96. The third-order valence-corrected chi connectivity index (χ3v) is 11.6. The minimum atomic E-state index is -1.87. The second kappa shape index (κ2) is 8.30. The fourth-order valence-electron chi connectivity index (χ4n) is 9.20. The largest absolute Gasteiger partial charge is 0.393 e. The first-order valence-electron chi connectivity index (χ1n) is 13.8. The van der Waals surface area contributed by atoms with Gasteiger partial charge in [0.2, 0.25) is 0 Å². The van der Waals surface area contributed by atoms with Crippen LogP contribution in [0.25, 0.3) is 0 Å². The molecule has 0 aromatic carbocycles. The summed E-state index contributed by atoms with van der Waals surface area (Å²) in [6.07, 6.45) is 1.28. The van der Waals surface area contributed by atoms with Crippen LogP contribution >= 0.6 is 0 Å². The maximum Gasteiger partial charge on any atom is 0.164 e. The van der Waals surface area contributed by atoms with Crippen LogP contribution in [0.15, 0.2) is 11.6 Å². The van der Waals surface area contributed by atoms with E-state index in [1.54, 1.807) is 13.8 Å². The van der Waals surface area contributed by atoms with Gasteiger partial charge in [-0.05, 0) is 62.7 Å². The average molecular weight is 519 g/mol. The summed E-state index contributed by atoms with van der Waals surface area (Å²) in [7, 11) is 0. The molecule has 9 atom stereocenters. The number of ketones is 3. The van der Waals surface area contributed by atoms with Crippen LogP contribution in [0, 0.1) is 39.4 Å². The molecule has 0 bridgehead atoms. The Bertz CT molecular complexity index is 1050. The number of rotatable bonds is 5. The molecule has 0 aromatic rings. The molecule has 208 valence electrons. The van der Waals surface area contributed by atoms with Gasteiger partial charge in [0.1, 0.15) is 17.5 Å². The summed E-state index contributed by atoms with van der Waals surface area (Å²) in [4.78, 5) is 40.4. The van der Waals surface area contributed by atoms with Gasteiger partial charge in [0.25, 0.3) is 0 Å². The normalized spacial score (nSPS) is 44.9. The first-order chi connectivity index (χ1) is 16.7. The molecule has 7 nitrogen and oxygen atoms in total. The van der Waals surface area contributed by atoms with Crippen LogP contribution in [-0.4, -0.2) is 61.2 Å². The van der Waals surface area contributed by atoms with Gasteiger partial charge in [0.05, 0.1) is 11.7 Å². The summed E-state index contributed by atoms with van der Waals surface area (Å²) in [6, 6.07) is 0. The third-order valence-electron chi connectivity index (χ3n) is 11.6. The Kier molecular flexibility index (Phi) is 6.41. The maximum atomic E-state index is 14.2. The number of hydrogen-bond donors (Lipinski definition) is 4. The molecule has 3 fully saturated rings. The van der Waals surface area contributed by atoms with Crippen LogP contribution in [0.2, 0.25) is 0 Å². The lowest BCUT2D eigenvalue weighted by molar-refractivity contribution is -0.184. The van der Waals surface area contributed by atoms with Crippen LogP contribution < -0.4 is 0 Å². The number of aliphatic hydroxyl groups excluding tert-OH is 2. The Morgan fingerprint density at radius 3 is 2.19 bits per heavy atom. The van der Waals surface area contributed by atoms with Crippen molar-refractivity contribution in [1.29, 1.82) is 0 Å². The van der Waals surface area contributed by atoms with Crippen molar-refractivity contribution in [2.24, 2.45) is 39.4 Å². The highest BCUT2D eigenvalue weighted by Gasteiger charge is 2.74. The third kappa shape index (κ3) is 3.78. The standard InChI is InChI=1S/C30H46O7/c1-25(2,36)12-11-21(33)30(8,37)23-19(32)14-27(5)20-10-9-16-17(13-18(31)24(35)26(16,3)4)29(20,7)22(34)15-28(23,27)6/h9,17,19-20,23-24,32,35-37H,10-15H2,1-8H3/t17-,19+,20+,23+,24-,27+,28-,29+,30+/m1/s1. The van der Waals surface area contributed by atoms with E-state index in [0.717, 1.165) is 5.57 Å². The first-order valence-corrected chi connectivity index (χ1v) is 13.8. The van der Waals surface area contributed by atoms with Crippen LogP contribution in [-0.2, 0) is 14.4 Å². The smallest absolute Gasteiger partial charge is 0.164 e. The van der Waals surface area contributed by atoms with Crippen molar-refractivity contribution < 1.29 is 34.8 Å². The molecule has 0 aliphatic heterocycles. The molecule has 0 amide bonds. The van der Waals surface area contributed by atoms with Crippen LogP contribution in [0.1, 0.15) is 93.9 Å². The highest BCUT2D eigenvalue weighted by Crippen LogP contribution is 2.74. The van der Waals surface area contributed by atoms with E-state index in [2.05, 4.69) is 13.0 Å². The zero-order valence-corrected chi connectivity index (χ0v) is 23.7. The zero-order valence-electron chi connectivity index (χ0n) is 23.7. The summed E-state index contributed by atoms with van der Waals surface area (Å²) in [5.74, 6) is -2.05. The summed E-state index contributed by atoms with van der Waals surface area (Å²) >= 11 is 0. The van der Waals surface area contributed by atoms with Gasteiger partial charge in [0.15, 0.2) is 11.6 Å². The van der Waals surface area contributed by atoms with Crippen LogP contribution in [0.5, 0.6) is 0 Å². The number of aliphatic hydroxyl groups is 4. The number of fused-ring (bicyclic) bond motifs is 5. The SMILES string of the molecule is CC(C)(O)CCC(=O)[C@](C)(O)[C@H]1[C@@H](O)C[C@@]2(C)[C@@H]3CC=C4[C@@H](CC(=O)[C@@H](O)C4(C)C)[C@]3(C)C(=O)C[C@]12C. The molecule has 4 N–H and O–H groups in total. The Morgan fingerprint density at radius 1 is 1.03 bits per heavy atom. The zero-order chi connectivity index (χ0) is 28.1. The second-order valence-corrected chi connectivity index (χ2v) is 14.6. The Hall–Kier alpha value is -1.41. The molecule has 0 unspecified atom stereocenters. The molecule has 37 heavy (non-hydrogen) atoms. The highest BCUT2D eigenvalue weighted by atomic mass is 16.3. The van der Waals surface area contributed by atoms with E-state index in [9.17, 15) is 34.8 Å². The van der Waals surface area contributed by atoms with Gasteiger partial charge in [-0.25, -0.2) is 0 Å². The molecule has 3 saturated carbocycles. The summed E-state index contributed by atoms with van der Waals surface area (Å²) in [5, 5.41) is 43.9. The molecular formula is C30H46O7. The molecule has 0 radical (unpaired) electrons. The predicted octanol–water partition coefficient (Wildman–Crippen LogP) is 3.15. The Labute approximate surface area is 220 Å². The lowest BCUT2D eigenvalue weighted by atomic mass is 9.38. The maximum absolute atomic E-state index is 14.2. The molecule has 0 saturated heterocycles. The lowest BCUT2D eigenvalue weighted by Crippen LogP contribution is -2.65. The van der Waals surface area contributed by atoms with Crippen molar-refractivity contribution in [1.82, 2.24) is 0 Å². The van der Waals surface area contributed by atoms with Gasteiger partial charge in [-0.1, -0.05) is 46.3 Å². The molecule has 0 spiro atoms. The number of hydrogen-bond acceptors (Lipinski definition) is 7. The van der Waals surface area contributed by atoms with Crippen molar-refractivity contribution in [2.75, 3.05) is 0 Å². The van der Waals surface area contributed by atoms with Crippen LogP contribution in [0.4, 0.5) is 0 Å². The number of Topliss-reactive ketones (excluding diaryl/α,β-unsaturated/α-hetero) is 3. The Morgan fingerprint density at radius 2 is 1.62 bits per heavy atom. The van der Waals surface area contributed by atoms with E-state index < -0.39 is 56.8 Å². The van der Waals surface area contributed by atoms with Crippen molar-refractivity contribution in [3.05, 3.63) is 11.6 Å². The lowest BCUT2D eigenvalue weighted by Gasteiger charge is -2.64. The van der Waals surface area contributed by atoms with Crippen molar-refractivity contribution in [3.8, 4) is 0 Å². The molecule has 0 heterocycles. The summed E-state index contributed by atoms with van der Waals surface area (Å²) in [6.45, 7) is 14.4. The van der Waals surface area contributed by atoms with E-state index in [1.165, 1.54) is 6.92 Å². The van der Waals surface area contributed by atoms with Gasteiger partial charge in [-0.2, -0.15) is 0 Å². The van der Waals surface area contributed by atoms with E-state index in [4.69, 9.17) is 0 Å². The predicted molar refractivity (Wildman–Crippen MR) is 138 cm³/mol. The molecular weight excluding hydrogens is 472 g/mol. The first kappa shape index (κ1) is 28.6. The minimum Gasteiger partial charge on any atom is -0.393 e. The fraction of sp³-hybridized carbons (Fsp3) is 0.833. The van der Waals surface area contributed by atoms with E-state index in [1.807, 2.05) is 27.7 Å². The van der Waals surface area contributed by atoms with Crippen molar-refractivity contribution in [2.45, 2.75) is 117 Å². The van der Waals surface area contributed by atoms with E-state index >= 15 is 0 Å². The number of carbonyl (C=O) groups is 3. The fourth-order valence-corrected chi connectivity index (χ4v) is 9.20. The quantitative estimate of drug-likeness (QED) is 0.411.